The molecule has 1 aliphatic heterocycles. The highest BCUT2D eigenvalue weighted by Gasteiger charge is 2.47. The number of hydrogen-bond acceptors (Lipinski definition) is 8. The van der Waals surface area contributed by atoms with Gasteiger partial charge in [-0.25, -0.2) is 4.98 Å². The third-order valence-electron chi connectivity index (χ3n) is 6.12. The number of benzene rings is 2. The number of ether oxygens (including phenoxy) is 1. The quantitative estimate of drug-likeness (QED) is 0.319. The van der Waals surface area contributed by atoms with Crippen LogP contribution in [-0.2, 0) is 17.8 Å². The summed E-state index contributed by atoms with van der Waals surface area (Å²) in [7, 11) is 0. The van der Waals surface area contributed by atoms with Gasteiger partial charge in [-0.3, -0.25) is 19.2 Å². The van der Waals surface area contributed by atoms with Crippen LogP contribution in [0.15, 0.2) is 71.8 Å². The summed E-state index contributed by atoms with van der Waals surface area (Å²) in [6.07, 6.45) is -1.22. The smallest absolute Gasteiger partial charge is 0.280 e. The molecule has 1 saturated heterocycles. The van der Waals surface area contributed by atoms with Gasteiger partial charge in [0, 0.05) is 13.1 Å². The zero-order valence-corrected chi connectivity index (χ0v) is 18.4. The second-order valence-corrected chi connectivity index (χ2v) is 8.38. The van der Waals surface area contributed by atoms with Crippen LogP contribution < -0.4 is 11.3 Å². The number of aliphatic hydroxyl groups excluding tert-OH is 2. The van der Waals surface area contributed by atoms with E-state index in [1.807, 2.05) is 60.7 Å². The fourth-order valence-electron chi connectivity index (χ4n) is 4.59. The van der Waals surface area contributed by atoms with Gasteiger partial charge >= 0.3 is 0 Å². The lowest BCUT2D eigenvalue weighted by atomic mass is 10.0. The number of nitrogens with one attached hydrogen (secondary N) is 1. The molecule has 10 heteroatoms. The number of nitrogen functional groups attached to an aromatic ring is 1. The molecule has 3 heterocycles. The predicted octanol–water partition coefficient (Wildman–Crippen LogP) is 1.02. The lowest BCUT2D eigenvalue weighted by Crippen LogP contribution is -2.47. The van der Waals surface area contributed by atoms with Crippen LogP contribution in [0.1, 0.15) is 17.4 Å². The van der Waals surface area contributed by atoms with Gasteiger partial charge in [-0.05, 0) is 11.1 Å². The zero-order chi connectivity index (χ0) is 23.7. The highest BCUT2D eigenvalue weighted by atomic mass is 16.5. The number of nitrogens with two attached hydrogens (primary N) is 1. The van der Waals surface area contributed by atoms with Crippen molar-refractivity contribution >= 4 is 17.1 Å². The number of H-pyrrole nitrogens is 1. The van der Waals surface area contributed by atoms with E-state index in [2.05, 4.69) is 19.9 Å². The first-order chi connectivity index (χ1) is 16.5. The molecule has 3 unspecified atom stereocenters. The van der Waals surface area contributed by atoms with Gasteiger partial charge in [-0.1, -0.05) is 60.7 Å². The number of anilines is 1. The fraction of sp³-hybridized carbons (Fsp3) is 0.292. The van der Waals surface area contributed by atoms with E-state index in [0.717, 1.165) is 11.1 Å². The number of aromatic nitrogens is 4. The molecule has 2 aromatic carbocycles. The van der Waals surface area contributed by atoms with E-state index in [-0.39, 0.29) is 23.7 Å². The number of hydrogen-bond donors (Lipinski definition) is 4. The molecule has 34 heavy (non-hydrogen) atoms. The van der Waals surface area contributed by atoms with E-state index in [1.165, 1.54) is 10.9 Å². The molecule has 2 aromatic heterocycles. The minimum atomic E-state index is -1.04. The molecular formula is C24H26N6O4. The average Bonchev–Trinajstić information content (AvgIpc) is 3.40. The van der Waals surface area contributed by atoms with Crippen LogP contribution in [0, 0.1) is 0 Å². The number of fused-ring (bicyclic) bond motifs is 1. The van der Waals surface area contributed by atoms with Crippen LogP contribution in [-0.4, -0.2) is 59.5 Å². The second-order valence-electron chi connectivity index (χ2n) is 8.38. The maximum Gasteiger partial charge on any atom is 0.280 e. The van der Waals surface area contributed by atoms with Crippen molar-refractivity contribution in [3.05, 3.63) is 88.5 Å². The Morgan fingerprint density at radius 3 is 2.26 bits per heavy atom. The van der Waals surface area contributed by atoms with Gasteiger partial charge in [0.05, 0.1) is 19.0 Å². The topological polar surface area (TPSA) is 143 Å². The molecule has 0 aliphatic carbocycles. The van der Waals surface area contributed by atoms with Crippen molar-refractivity contribution in [3.63, 3.8) is 0 Å². The molecule has 1 fully saturated rings. The molecule has 0 radical (unpaired) electrons. The Hall–Kier alpha value is -3.57. The van der Waals surface area contributed by atoms with E-state index in [1.54, 1.807) is 0 Å². The van der Waals surface area contributed by atoms with Crippen LogP contribution in [0.3, 0.4) is 0 Å². The van der Waals surface area contributed by atoms with Crippen LogP contribution in [0.25, 0.3) is 11.2 Å². The van der Waals surface area contributed by atoms with Crippen molar-refractivity contribution in [2.45, 2.75) is 37.6 Å². The van der Waals surface area contributed by atoms with Crippen LogP contribution in [0.2, 0.25) is 0 Å². The average molecular weight is 463 g/mol. The van der Waals surface area contributed by atoms with Gasteiger partial charge in [0.1, 0.15) is 12.2 Å². The SMILES string of the molecule is Nc1nc2c(ncn2[C@@H]2OC(CO)C(N(Cc3ccccc3)Cc3ccccc3)C2O)c(=O)[nH]1. The summed E-state index contributed by atoms with van der Waals surface area (Å²) in [4.78, 5) is 25.0. The number of imidazole rings is 1. The summed E-state index contributed by atoms with van der Waals surface area (Å²) in [6.45, 7) is 0.792. The summed E-state index contributed by atoms with van der Waals surface area (Å²) in [6, 6.07) is 19.3. The maximum atomic E-state index is 12.2. The highest BCUT2D eigenvalue weighted by molar-refractivity contribution is 5.70. The minimum absolute atomic E-state index is 0.0585. The Morgan fingerprint density at radius 2 is 1.68 bits per heavy atom. The van der Waals surface area contributed by atoms with Crippen LogP contribution >= 0.6 is 0 Å². The molecule has 4 aromatic rings. The third kappa shape index (κ3) is 4.19. The Bertz CT molecular complexity index is 1270. The van der Waals surface area contributed by atoms with E-state index in [9.17, 15) is 15.0 Å². The number of rotatable bonds is 7. The van der Waals surface area contributed by atoms with Crippen LogP contribution in [0.5, 0.6) is 0 Å². The van der Waals surface area contributed by atoms with Gasteiger partial charge < -0.3 is 20.7 Å². The van der Waals surface area contributed by atoms with E-state index >= 15 is 0 Å². The Labute approximate surface area is 195 Å². The van der Waals surface area contributed by atoms with Crippen molar-refractivity contribution < 1.29 is 14.9 Å². The lowest BCUT2D eigenvalue weighted by molar-refractivity contribution is -0.0501. The minimum Gasteiger partial charge on any atom is -0.394 e. The van der Waals surface area contributed by atoms with Crippen molar-refractivity contribution in [2.24, 2.45) is 0 Å². The summed E-state index contributed by atoms with van der Waals surface area (Å²) >= 11 is 0. The largest absolute Gasteiger partial charge is 0.394 e. The first-order valence-electron chi connectivity index (χ1n) is 11.0. The van der Waals surface area contributed by atoms with Gasteiger partial charge in [-0.2, -0.15) is 4.98 Å². The third-order valence-corrected chi connectivity index (χ3v) is 6.12. The molecule has 0 bridgehead atoms. The highest BCUT2D eigenvalue weighted by Crippen LogP contribution is 2.35. The predicted molar refractivity (Wildman–Crippen MR) is 125 cm³/mol. The molecule has 5 N–H and O–H groups in total. The molecule has 0 saturated carbocycles. The van der Waals surface area contributed by atoms with Crippen molar-refractivity contribution in [3.8, 4) is 0 Å². The van der Waals surface area contributed by atoms with E-state index in [0.29, 0.717) is 13.1 Å². The van der Waals surface area contributed by atoms with Gasteiger partial charge in [-0.15, -0.1) is 0 Å². The standard InChI is InChI=1S/C24H26N6O4/c25-24-27-21-18(22(33)28-24)26-14-30(21)23-20(32)19(17(13-31)34-23)29(11-15-7-3-1-4-8-15)12-16-9-5-2-6-10-16/h1-10,14,17,19-20,23,31-32H,11-13H2,(H3,25,27,28,33)/t17?,19?,20?,23-/m1/s1. The van der Waals surface area contributed by atoms with Gasteiger partial charge in [0.15, 0.2) is 17.4 Å². The van der Waals surface area contributed by atoms with E-state index in [4.69, 9.17) is 10.5 Å². The van der Waals surface area contributed by atoms with Crippen molar-refractivity contribution in [1.29, 1.82) is 0 Å². The molecular weight excluding hydrogens is 436 g/mol. The summed E-state index contributed by atoms with van der Waals surface area (Å²) < 4.78 is 7.61. The Balaban J connectivity index is 1.51. The Morgan fingerprint density at radius 1 is 1.06 bits per heavy atom. The molecule has 0 spiro atoms. The zero-order valence-electron chi connectivity index (χ0n) is 18.4. The monoisotopic (exact) mass is 462 g/mol. The molecule has 10 nitrogen and oxygen atoms in total. The second kappa shape index (κ2) is 9.35. The molecule has 5 rings (SSSR count). The first-order valence-corrected chi connectivity index (χ1v) is 11.0. The summed E-state index contributed by atoms with van der Waals surface area (Å²) in [5, 5.41) is 21.6. The van der Waals surface area contributed by atoms with Crippen molar-refractivity contribution in [2.75, 3.05) is 12.3 Å². The maximum absolute atomic E-state index is 12.2. The van der Waals surface area contributed by atoms with Crippen molar-refractivity contribution in [1.82, 2.24) is 24.4 Å². The van der Waals surface area contributed by atoms with Crippen LogP contribution in [0.4, 0.5) is 5.95 Å². The summed E-state index contributed by atoms with van der Waals surface area (Å²) in [5.74, 6) is -0.0585. The summed E-state index contributed by atoms with van der Waals surface area (Å²) in [5.41, 5.74) is 7.70. The molecule has 4 atom stereocenters. The fourth-order valence-corrected chi connectivity index (χ4v) is 4.59. The molecule has 0 amide bonds. The van der Waals surface area contributed by atoms with E-state index < -0.39 is 30.0 Å². The normalized spacial score (nSPS) is 22.6. The van der Waals surface area contributed by atoms with Gasteiger partial charge in [0.2, 0.25) is 5.95 Å². The number of nitrogens with zero attached hydrogens (tertiary/aromatic N) is 4. The molecule has 176 valence electrons. The number of aromatic amines is 1. The van der Waals surface area contributed by atoms with Gasteiger partial charge in [0.25, 0.3) is 5.56 Å². The number of aliphatic hydroxyl groups is 2. The first kappa shape index (κ1) is 22.2. The Kier molecular flexibility index (Phi) is 6.12. The molecule has 1 aliphatic rings. The lowest BCUT2D eigenvalue weighted by Gasteiger charge is -2.33.